The van der Waals surface area contributed by atoms with E-state index < -0.39 is 0 Å². The average Bonchev–Trinajstić information content (AvgIpc) is 2.74. The van der Waals surface area contributed by atoms with Crippen molar-refractivity contribution in [3.8, 4) is 11.5 Å². The molecule has 144 valence electrons. The predicted molar refractivity (Wildman–Crippen MR) is 101 cm³/mol. The molecule has 1 aliphatic rings. The lowest BCUT2D eigenvalue weighted by atomic mass is 10.1. The van der Waals surface area contributed by atoms with E-state index in [0.29, 0.717) is 36.8 Å². The molecular formula is C20H25N3O4. The zero-order valence-corrected chi connectivity index (χ0v) is 15.7. The van der Waals surface area contributed by atoms with Crippen LogP contribution in [0.15, 0.2) is 42.6 Å². The third-order valence-electron chi connectivity index (χ3n) is 4.63. The summed E-state index contributed by atoms with van der Waals surface area (Å²) in [5.41, 5.74) is 1.32. The average molecular weight is 371 g/mol. The second-order valence-corrected chi connectivity index (χ2v) is 6.17. The molecule has 7 nitrogen and oxygen atoms in total. The summed E-state index contributed by atoms with van der Waals surface area (Å²) in [6.07, 6.45) is 1.77. The lowest BCUT2D eigenvalue weighted by Gasteiger charge is -2.34. The Bertz CT molecular complexity index is 726. The molecule has 1 fully saturated rings. The molecule has 0 radical (unpaired) electrons. The second-order valence-electron chi connectivity index (χ2n) is 6.17. The number of hydrogen-bond acceptors (Lipinski definition) is 6. The fourth-order valence-corrected chi connectivity index (χ4v) is 3.24. The summed E-state index contributed by atoms with van der Waals surface area (Å²) < 4.78 is 16.1. The van der Waals surface area contributed by atoms with Crippen molar-refractivity contribution in [1.82, 2.24) is 15.2 Å². The highest BCUT2D eigenvalue weighted by Crippen LogP contribution is 2.28. The van der Waals surface area contributed by atoms with Crippen molar-refractivity contribution in [1.29, 1.82) is 0 Å². The van der Waals surface area contributed by atoms with Crippen molar-refractivity contribution >= 4 is 5.91 Å². The Morgan fingerprint density at radius 1 is 1.15 bits per heavy atom. The Balaban J connectivity index is 1.78. The number of methoxy groups -OCH3 is 2. The molecule has 1 aliphatic heterocycles. The molecule has 0 saturated carbocycles. The van der Waals surface area contributed by atoms with E-state index in [1.54, 1.807) is 24.4 Å². The van der Waals surface area contributed by atoms with Crippen molar-refractivity contribution in [2.75, 3.05) is 47.1 Å². The van der Waals surface area contributed by atoms with Gasteiger partial charge in [0.15, 0.2) is 0 Å². The van der Waals surface area contributed by atoms with E-state index in [-0.39, 0.29) is 11.9 Å². The van der Waals surface area contributed by atoms with Crippen LogP contribution >= 0.6 is 0 Å². The Kier molecular flexibility index (Phi) is 6.62. The topological polar surface area (TPSA) is 72.9 Å². The van der Waals surface area contributed by atoms with E-state index in [0.717, 1.165) is 18.8 Å². The van der Waals surface area contributed by atoms with Gasteiger partial charge in [-0.15, -0.1) is 0 Å². The van der Waals surface area contributed by atoms with Crippen LogP contribution < -0.4 is 14.8 Å². The van der Waals surface area contributed by atoms with Gasteiger partial charge in [-0.3, -0.25) is 14.7 Å². The number of hydrogen-bond donors (Lipinski definition) is 1. The molecule has 1 atom stereocenters. The summed E-state index contributed by atoms with van der Waals surface area (Å²) in [4.78, 5) is 19.7. The summed E-state index contributed by atoms with van der Waals surface area (Å²) >= 11 is 0. The summed E-state index contributed by atoms with van der Waals surface area (Å²) in [6, 6.07) is 11.1. The molecule has 0 bridgehead atoms. The normalized spacial score (nSPS) is 15.8. The molecule has 1 unspecified atom stereocenters. The third-order valence-corrected chi connectivity index (χ3v) is 4.63. The first-order valence-corrected chi connectivity index (χ1v) is 8.96. The van der Waals surface area contributed by atoms with Gasteiger partial charge in [0.25, 0.3) is 5.91 Å². The van der Waals surface area contributed by atoms with Crippen molar-refractivity contribution < 1.29 is 19.0 Å². The van der Waals surface area contributed by atoms with Crippen LogP contribution in [0.25, 0.3) is 0 Å². The summed E-state index contributed by atoms with van der Waals surface area (Å²) in [5, 5.41) is 3.02. The molecule has 0 spiro atoms. The van der Waals surface area contributed by atoms with Crippen molar-refractivity contribution in [3.05, 3.63) is 53.9 Å². The zero-order chi connectivity index (χ0) is 19.1. The van der Waals surface area contributed by atoms with Crippen LogP contribution in [-0.2, 0) is 4.74 Å². The molecule has 1 aromatic carbocycles. The number of nitrogens with one attached hydrogen (secondary N) is 1. The number of nitrogens with zero attached hydrogens (tertiary/aromatic N) is 2. The van der Waals surface area contributed by atoms with Crippen molar-refractivity contribution in [2.45, 2.75) is 6.04 Å². The van der Waals surface area contributed by atoms with Gasteiger partial charge in [-0.2, -0.15) is 0 Å². The van der Waals surface area contributed by atoms with Gasteiger partial charge in [-0.25, -0.2) is 0 Å². The SMILES string of the molecule is COc1cccc(OC)c1C(=O)NCC(c1ccccn1)N1CCOCC1. The van der Waals surface area contributed by atoms with Gasteiger partial charge < -0.3 is 19.5 Å². The van der Waals surface area contributed by atoms with E-state index in [1.807, 2.05) is 18.2 Å². The second kappa shape index (κ2) is 9.34. The minimum Gasteiger partial charge on any atom is -0.496 e. The first kappa shape index (κ1) is 19.1. The quantitative estimate of drug-likeness (QED) is 0.802. The molecular weight excluding hydrogens is 346 g/mol. The highest BCUT2D eigenvalue weighted by atomic mass is 16.5. The van der Waals surface area contributed by atoms with Crippen molar-refractivity contribution in [2.24, 2.45) is 0 Å². The van der Waals surface area contributed by atoms with Gasteiger partial charge in [-0.1, -0.05) is 12.1 Å². The highest BCUT2D eigenvalue weighted by molar-refractivity contribution is 5.99. The number of carbonyl (C=O) groups excluding carboxylic acids is 1. The van der Waals surface area contributed by atoms with E-state index in [4.69, 9.17) is 14.2 Å². The molecule has 1 aromatic heterocycles. The van der Waals surface area contributed by atoms with Crippen molar-refractivity contribution in [3.63, 3.8) is 0 Å². The fraction of sp³-hybridized carbons (Fsp3) is 0.400. The number of morpholine rings is 1. The van der Waals surface area contributed by atoms with Gasteiger partial charge in [-0.05, 0) is 24.3 Å². The number of amides is 1. The summed E-state index contributed by atoms with van der Waals surface area (Å²) in [5.74, 6) is 0.721. The Hall–Kier alpha value is -2.64. The Morgan fingerprint density at radius 3 is 2.44 bits per heavy atom. The maximum Gasteiger partial charge on any atom is 0.258 e. The molecule has 1 N–H and O–H groups in total. The minimum atomic E-state index is -0.238. The van der Waals surface area contributed by atoms with Crippen LogP contribution in [0.3, 0.4) is 0 Å². The maximum absolute atomic E-state index is 12.9. The molecule has 2 heterocycles. The maximum atomic E-state index is 12.9. The first-order chi connectivity index (χ1) is 13.2. The predicted octanol–water partition coefficient (Wildman–Crippen LogP) is 1.90. The van der Waals surface area contributed by atoms with Crippen LogP contribution in [0.4, 0.5) is 0 Å². The minimum absolute atomic E-state index is 0.0280. The number of aromatic nitrogens is 1. The van der Waals surface area contributed by atoms with E-state index in [1.165, 1.54) is 14.2 Å². The fourth-order valence-electron chi connectivity index (χ4n) is 3.24. The molecule has 27 heavy (non-hydrogen) atoms. The van der Waals surface area contributed by atoms with E-state index >= 15 is 0 Å². The number of rotatable bonds is 7. The summed E-state index contributed by atoms with van der Waals surface area (Å²) in [6.45, 7) is 3.39. The summed E-state index contributed by atoms with van der Waals surface area (Å²) in [7, 11) is 3.08. The highest BCUT2D eigenvalue weighted by Gasteiger charge is 2.25. The van der Waals surface area contributed by atoms with Gasteiger partial charge in [0, 0.05) is 25.8 Å². The van der Waals surface area contributed by atoms with Gasteiger partial charge in [0.05, 0.1) is 39.2 Å². The molecule has 1 amide bonds. The number of benzene rings is 1. The molecule has 2 aromatic rings. The van der Waals surface area contributed by atoms with Crippen LogP contribution in [0.2, 0.25) is 0 Å². The van der Waals surface area contributed by atoms with E-state index in [9.17, 15) is 4.79 Å². The third kappa shape index (κ3) is 4.56. The van der Waals surface area contributed by atoms with Crippen LogP contribution in [0.1, 0.15) is 22.1 Å². The van der Waals surface area contributed by atoms with Crippen LogP contribution in [-0.4, -0.2) is 62.9 Å². The monoisotopic (exact) mass is 371 g/mol. The smallest absolute Gasteiger partial charge is 0.258 e. The zero-order valence-electron chi connectivity index (χ0n) is 15.7. The van der Waals surface area contributed by atoms with Crippen LogP contribution in [0, 0.1) is 0 Å². The first-order valence-electron chi connectivity index (χ1n) is 8.96. The Morgan fingerprint density at radius 2 is 1.85 bits per heavy atom. The number of carbonyl (C=O) groups is 1. The standard InChI is InChI=1S/C20H25N3O4/c1-25-17-7-5-8-18(26-2)19(17)20(24)22-14-16(15-6-3-4-9-21-15)23-10-12-27-13-11-23/h3-9,16H,10-14H2,1-2H3,(H,22,24). The number of ether oxygens (including phenoxy) is 3. The lowest BCUT2D eigenvalue weighted by Crippen LogP contribution is -2.44. The largest absolute Gasteiger partial charge is 0.496 e. The molecule has 7 heteroatoms. The Labute approximate surface area is 159 Å². The lowest BCUT2D eigenvalue weighted by molar-refractivity contribution is 0.0153. The van der Waals surface area contributed by atoms with Crippen LogP contribution in [0.5, 0.6) is 11.5 Å². The molecule has 0 aliphatic carbocycles. The van der Waals surface area contributed by atoms with Gasteiger partial charge in [0.2, 0.25) is 0 Å². The number of pyridine rings is 1. The molecule has 3 rings (SSSR count). The molecule has 1 saturated heterocycles. The van der Waals surface area contributed by atoms with Gasteiger partial charge >= 0.3 is 0 Å². The van der Waals surface area contributed by atoms with Gasteiger partial charge in [0.1, 0.15) is 17.1 Å². The van der Waals surface area contributed by atoms with E-state index in [2.05, 4.69) is 15.2 Å².